The first kappa shape index (κ1) is 14.2. The molecule has 1 unspecified atom stereocenters. The maximum atomic E-state index is 5.45. The number of nitrogens with one attached hydrogen (secondary N) is 1. The van der Waals surface area contributed by atoms with Gasteiger partial charge in [-0.1, -0.05) is 24.3 Å². The summed E-state index contributed by atoms with van der Waals surface area (Å²) in [6, 6.07) is 8.65. The Labute approximate surface area is 105 Å². The lowest BCUT2D eigenvalue weighted by Gasteiger charge is -2.17. The van der Waals surface area contributed by atoms with Gasteiger partial charge in [-0.3, -0.25) is 0 Å². The first-order valence-electron chi connectivity index (χ1n) is 6.54. The minimum absolute atomic E-state index is 0.660. The van der Waals surface area contributed by atoms with Crippen LogP contribution in [0.5, 0.6) is 0 Å². The molecule has 96 valence electrons. The number of aryl methyl sites for hydroxylation is 1. The van der Waals surface area contributed by atoms with Crippen molar-refractivity contribution in [2.45, 2.75) is 26.7 Å². The van der Waals surface area contributed by atoms with Gasteiger partial charge in [0.1, 0.15) is 0 Å². The Bertz CT molecular complexity index is 312. The van der Waals surface area contributed by atoms with Gasteiger partial charge in [0.15, 0.2) is 0 Å². The zero-order valence-electron chi connectivity index (χ0n) is 11.3. The third kappa shape index (κ3) is 5.33. The molecule has 1 atom stereocenters. The quantitative estimate of drug-likeness (QED) is 0.700. The summed E-state index contributed by atoms with van der Waals surface area (Å²) in [6.07, 6.45) is 2.27. The molecule has 0 aliphatic rings. The van der Waals surface area contributed by atoms with Crippen LogP contribution in [0.3, 0.4) is 0 Å². The minimum atomic E-state index is 0.660. The van der Waals surface area contributed by atoms with Gasteiger partial charge in [-0.2, -0.15) is 0 Å². The van der Waals surface area contributed by atoms with Crippen LogP contribution in [-0.4, -0.2) is 26.8 Å². The van der Waals surface area contributed by atoms with E-state index in [9.17, 15) is 0 Å². The van der Waals surface area contributed by atoms with Gasteiger partial charge in [-0.25, -0.2) is 0 Å². The Balaban J connectivity index is 2.50. The van der Waals surface area contributed by atoms with Crippen molar-refractivity contribution in [3.8, 4) is 0 Å². The molecule has 2 nitrogen and oxygen atoms in total. The molecule has 0 saturated carbocycles. The van der Waals surface area contributed by atoms with E-state index in [2.05, 4.69) is 43.4 Å². The Kier molecular flexibility index (Phi) is 6.90. The first-order chi connectivity index (χ1) is 8.27. The lowest BCUT2D eigenvalue weighted by Crippen LogP contribution is -2.22. The molecule has 2 heteroatoms. The molecule has 1 N–H and O–H groups in total. The maximum Gasteiger partial charge on any atom is 0.0469 e. The molecule has 0 aliphatic heterocycles. The number of hydrogen-bond acceptors (Lipinski definition) is 2. The van der Waals surface area contributed by atoms with Gasteiger partial charge in [-0.05, 0) is 57.3 Å². The van der Waals surface area contributed by atoms with Crippen LogP contribution >= 0.6 is 0 Å². The second kappa shape index (κ2) is 8.26. The highest BCUT2D eigenvalue weighted by Gasteiger charge is 2.10. The van der Waals surface area contributed by atoms with E-state index in [0.29, 0.717) is 5.92 Å². The molecule has 0 bridgehead atoms. The Hall–Kier alpha value is -0.860. The molecule has 0 aromatic heterocycles. The van der Waals surface area contributed by atoms with Gasteiger partial charge in [0.2, 0.25) is 0 Å². The first-order valence-corrected chi connectivity index (χ1v) is 6.54. The summed E-state index contributed by atoms with van der Waals surface area (Å²) in [5.41, 5.74) is 2.86. The fraction of sp³-hybridized carbons (Fsp3) is 0.600. The topological polar surface area (TPSA) is 21.3 Å². The summed E-state index contributed by atoms with van der Waals surface area (Å²) in [7, 11) is 2.02. The number of hydrogen-bond donors (Lipinski definition) is 1. The summed E-state index contributed by atoms with van der Waals surface area (Å²) in [5, 5.41) is 3.28. The molecule has 0 radical (unpaired) electrons. The molecule has 0 saturated heterocycles. The lowest BCUT2D eigenvalue weighted by atomic mass is 9.94. The van der Waals surface area contributed by atoms with E-state index in [1.165, 1.54) is 11.1 Å². The van der Waals surface area contributed by atoms with Crippen LogP contribution in [0.15, 0.2) is 24.3 Å². The van der Waals surface area contributed by atoms with E-state index in [-0.39, 0.29) is 0 Å². The van der Waals surface area contributed by atoms with Crippen molar-refractivity contribution >= 4 is 0 Å². The minimum Gasteiger partial charge on any atom is -0.382 e. The van der Waals surface area contributed by atoms with E-state index < -0.39 is 0 Å². The molecule has 0 spiro atoms. The fourth-order valence-corrected chi connectivity index (χ4v) is 2.11. The van der Waals surface area contributed by atoms with Crippen LogP contribution in [0.4, 0.5) is 0 Å². The van der Waals surface area contributed by atoms with Crippen molar-refractivity contribution < 1.29 is 4.74 Å². The van der Waals surface area contributed by atoms with Crippen molar-refractivity contribution in [2.75, 3.05) is 26.8 Å². The Morgan fingerprint density at radius 1 is 1.29 bits per heavy atom. The van der Waals surface area contributed by atoms with Crippen LogP contribution in [0.2, 0.25) is 0 Å². The van der Waals surface area contributed by atoms with Crippen LogP contribution < -0.4 is 5.32 Å². The molecule has 0 fully saturated rings. The summed E-state index contributed by atoms with van der Waals surface area (Å²) in [4.78, 5) is 0. The van der Waals surface area contributed by atoms with E-state index in [0.717, 1.165) is 32.6 Å². The van der Waals surface area contributed by atoms with Crippen molar-refractivity contribution in [1.29, 1.82) is 0 Å². The number of ether oxygens (including phenoxy) is 1. The molecule has 17 heavy (non-hydrogen) atoms. The van der Waals surface area contributed by atoms with Crippen LogP contribution in [-0.2, 0) is 11.2 Å². The van der Waals surface area contributed by atoms with E-state index in [4.69, 9.17) is 4.74 Å². The molecule has 1 aromatic rings. The maximum absolute atomic E-state index is 5.45. The summed E-state index contributed by atoms with van der Waals surface area (Å²) >= 11 is 0. The smallest absolute Gasteiger partial charge is 0.0469 e. The largest absolute Gasteiger partial charge is 0.382 e. The van der Waals surface area contributed by atoms with Crippen LogP contribution in [0.1, 0.15) is 24.5 Å². The third-order valence-electron chi connectivity index (χ3n) is 3.14. The Morgan fingerprint density at radius 2 is 2.06 bits per heavy atom. The summed E-state index contributed by atoms with van der Waals surface area (Å²) in [5.74, 6) is 0.660. The van der Waals surface area contributed by atoms with Gasteiger partial charge in [-0.15, -0.1) is 0 Å². The highest BCUT2D eigenvalue weighted by Crippen LogP contribution is 2.15. The zero-order valence-corrected chi connectivity index (χ0v) is 11.3. The molecule has 0 heterocycles. The van der Waals surface area contributed by atoms with Gasteiger partial charge in [0.05, 0.1) is 0 Å². The average Bonchev–Trinajstić information content (AvgIpc) is 2.32. The zero-order chi connectivity index (χ0) is 12.5. The fourth-order valence-electron chi connectivity index (χ4n) is 2.11. The summed E-state index contributed by atoms with van der Waals surface area (Å²) in [6.45, 7) is 6.98. The van der Waals surface area contributed by atoms with Gasteiger partial charge < -0.3 is 10.1 Å². The normalized spacial score (nSPS) is 12.6. The van der Waals surface area contributed by atoms with Crippen molar-refractivity contribution in [3.63, 3.8) is 0 Å². The van der Waals surface area contributed by atoms with E-state index >= 15 is 0 Å². The predicted octanol–water partition coefficient (Wildman–Crippen LogP) is 2.80. The highest BCUT2D eigenvalue weighted by atomic mass is 16.5. The van der Waals surface area contributed by atoms with E-state index in [1.807, 2.05) is 7.05 Å². The molecular formula is C15H25NO. The highest BCUT2D eigenvalue weighted by molar-refractivity contribution is 5.25. The van der Waals surface area contributed by atoms with E-state index in [1.54, 1.807) is 0 Å². The molecular weight excluding hydrogens is 210 g/mol. The standard InChI is InChI=1S/C15H25NO/c1-4-17-10-9-14(12-16-3)11-15-8-6-5-7-13(15)2/h5-8,14,16H,4,9-12H2,1-3H3. The van der Waals surface area contributed by atoms with Crippen molar-refractivity contribution in [3.05, 3.63) is 35.4 Å². The van der Waals surface area contributed by atoms with Crippen LogP contribution in [0.25, 0.3) is 0 Å². The SMILES string of the molecule is CCOCCC(CNC)Cc1ccccc1C. The molecule has 1 rings (SSSR count). The average molecular weight is 235 g/mol. The third-order valence-corrected chi connectivity index (χ3v) is 3.14. The predicted molar refractivity (Wildman–Crippen MR) is 73.4 cm³/mol. The lowest BCUT2D eigenvalue weighted by molar-refractivity contribution is 0.132. The second-order valence-electron chi connectivity index (χ2n) is 4.54. The van der Waals surface area contributed by atoms with Gasteiger partial charge in [0, 0.05) is 13.2 Å². The molecule has 0 amide bonds. The molecule has 1 aromatic carbocycles. The Morgan fingerprint density at radius 3 is 2.71 bits per heavy atom. The number of benzene rings is 1. The number of rotatable bonds is 8. The van der Waals surface area contributed by atoms with Crippen LogP contribution in [0, 0.1) is 12.8 Å². The monoisotopic (exact) mass is 235 g/mol. The van der Waals surface area contributed by atoms with Gasteiger partial charge in [0.25, 0.3) is 0 Å². The summed E-state index contributed by atoms with van der Waals surface area (Å²) < 4.78 is 5.45. The van der Waals surface area contributed by atoms with Crippen molar-refractivity contribution in [1.82, 2.24) is 5.32 Å². The second-order valence-corrected chi connectivity index (χ2v) is 4.54. The van der Waals surface area contributed by atoms with Gasteiger partial charge >= 0.3 is 0 Å². The van der Waals surface area contributed by atoms with Crippen molar-refractivity contribution in [2.24, 2.45) is 5.92 Å². The molecule has 0 aliphatic carbocycles.